The summed E-state index contributed by atoms with van der Waals surface area (Å²) in [6.07, 6.45) is 1.57. The first kappa shape index (κ1) is 24.0. The molecule has 1 heterocycles. The van der Waals surface area contributed by atoms with E-state index in [2.05, 4.69) is 15.5 Å². The number of sulfonamides is 1. The van der Waals surface area contributed by atoms with E-state index in [1.54, 1.807) is 49.4 Å². The second-order valence-corrected chi connectivity index (χ2v) is 9.87. The molecule has 0 aliphatic heterocycles. The predicted octanol–water partition coefficient (Wildman–Crippen LogP) is 4.21. The number of benzene rings is 2. The second-order valence-electron chi connectivity index (χ2n) is 7.12. The van der Waals surface area contributed by atoms with Crippen LogP contribution in [0.15, 0.2) is 47.0 Å². The molecule has 2 aromatic carbocycles. The lowest BCUT2D eigenvalue weighted by molar-refractivity contribution is -0.121. The molecule has 3 aromatic rings. The molecule has 8 nitrogen and oxygen atoms in total. The third-order valence-corrected chi connectivity index (χ3v) is 6.49. The van der Waals surface area contributed by atoms with Crippen molar-refractivity contribution in [1.82, 2.24) is 15.5 Å². The lowest BCUT2D eigenvalue weighted by Crippen LogP contribution is -2.32. The van der Waals surface area contributed by atoms with Crippen LogP contribution in [0.2, 0.25) is 10.0 Å². The highest BCUT2D eigenvalue weighted by Gasteiger charge is 2.20. The molecule has 0 spiro atoms. The maximum Gasteiger partial charge on any atom is 0.246 e. The van der Waals surface area contributed by atoms with Crippen molar-refractivity contribution < 1.29 is 17.7 Å². The Bertz CT molecular complexity index is 1210. The predicted molar refractivity (Wildman–Crippen MR) is 124 cm³/mol. The maximum atomic E-state index is 12.3. The molecule has 32 heavy (non-hydrogen) atoms. The molecule has 1 N–H and O–H groups in total. The molecule has 1 aromatic heterocycles. The Morgan fingerprint density at radius 3 is 2.66 bits per heavy atom. The zero-order valence-corrected chi connectivity index (χ0v) is 19.8. The first-order valence-corrected chi connectivity index (χ1v) is 12.3. The molecule has 0 unspecified atom stereocenters. The molecule has 0 saturated heterocycles. The van der Waals surface area contributed by atoms with Crippen LogP contribution < -0.4 is 9.62 Å². The highest BCUT2D eigenvalue weighted by Crippen LogP contribution is 2.28. The smallest absolute Gasteiger partial charge is 0.246 e. The summed E-state index contributed by atoms with van der Waals surface area (Å²) in [5, 5.41) is 7.62. The van der Waals surface area contributed by atoms with Crippen molar-refractivity contribution >= 4 is 44.8 Å². The Morgan fingerprint density at radius 1 is 1.19 bits per heavy atom. The first-order valence-electron chi connectivity index (χ1n) is 9.73. The van der Waals surface area contributed by atoms with Gasteiger partial charge in [0, 0.05) is 28.6 Å². The molecule has 11 heteroatoms. The molecule has 3 rings (SSSR count). The van der Waals surface area contributed by atoms with Gasteiger partial charge in [-0.15, -0.1) is 0 Å². The van der Waals surface area contributed by atoms with E-state index in [1.165, 1.54) is 4.31 Å². The highest BCUT2D eigenvalue weighted by atomic mass is 35.5. The van der Waals surface area contributed by atoms with Gasteiger partial charge in [0.15, 0.2) is 0 Å². The van der Waals surface area contributed by atoms with E-state index in [9.17, 15) is 13.2 Å². The van der Waals surface area contributed by atoms with Crippen molar-refractivity contribution in [3.8, 4) is 11.4 Å². The van der Waals surface area contributed by atoms with Crippen molar-refractivity contribution in [2.75, 3.05) is 17.1 Å². The van der Waals surface area contributed by atoms with Gasteiger partial charge in [0.25, 0.3) is 0 Å². The van der Waals surface area contributed by atoms with Gasteiger partial charge in [-0.25, -0.2) is 8.42 Å². The molecule has 170 valence electrons. The molecule has 0 atom stereocenters. The third kappa shape index (κ3) is 6.21. The van der Waals surface area contributed by atoms with Crippen LogP contribution in [-0.2, 0) is 21.4 Å². The highest BCUT2D eigenvalue weighted by molar-refractivity contribution is 7.92. The van der Waals surface area contributed by atoms with Gasteiger partial charge in [-0.1, -0.05) is 46.6 Å². The number of carbonyl (C=O) groups excluding carboxylic acids is 1. The second kappa shape index (κ2) is 10.3. The van der Waals surface area contributed by atoms with E-state index in [-0.39, 0.29) is 31.3 Å². The molecule has 0 radical (unpaired) electrons. The van der Waals surface area contributed by atoms with Crippen molar-refractivity contribution in [2.24, 2.45) is 0 Å². The van der Waals surface area contributed by atoms with Gasteiger partial charge in [-0.3, -0.25) is 9.10 Å². The lowest BCUT2D eigenvalue weighted by atomic mass is 10.2. The van der Waals surface area contributed by atoms with E-state index >= 15 is 0 Å². The zero-order valence-electron chi connectivity index (χ0n) is 17.5. The summed E-state index contributed by atoms with van der Waals surface area (Å²) in [5.74, 6) is 0.363. The van der Waals surface area contributed by atoms with Crippen LogP contribution in [0.5, 0.6) is 0 Å². The molecule has 0 fully saturated rings. The summed E-state index contributed by atoms with van der Waals surface area (Å²) in [5.41, 5.74) is 1.87. The number of nitrogens with zero attached hydrogens (tertiary/aromatic N) is 3. The Balaban J connectivity index is 1.54. The molecule has 0 aliphatic carbocycles. The Hall–Kier alpha value is -2.62. The maximum absolute atomic E-state index is 12.3. The average molecular weight is 497 g/mol. The van der Waals surface area contributed by atoms with Gasteiger partial charge >= 0.3 is 0 Å². The van der Waals surface area contributed by atoms with E-state index in [4.69, 9.17) is 27.7 Å². The molecule has 0 aliphatic rings. The number of hydrogen-bond acceptors (Lipinski definition) is 6. The van der Waals surface area contributed by atoms with Crippen LogP contribution in [0.4, 0.5) is 5.69 Å². The van der Waals surface area contributed by atoms with E-state index in [0.717, 1.165) is 6.26 Å². The van der Waals surface area contributed by atoms with E-state index in [1.807, 2.05) is 0 Å². The lowest BCUT2D eigenvalue weighted by Gasteiger charge is -2.24. The van der Waals surface area contributed by atoms with Crippen LogP contribution in [0, 0.1) is 6.92 Å². The fraction of sp³-hybridized carbons (Fsp3) is 0.286. The number of anilines is 1. The summed E-state index contributed by atoms with van der Waals surface area (Å²) in [6, 6.07) is 12.1. The van der Waals surface area contributed by atoms with Crippen molar-refractivity contribution in [2.45, 2.75) is 26.3 Å². The summed E-state index contributed by atoms with van der Waals surface area (Å²) in [7, 11) is -3.54. The number of amides is 1. The molecular formula is C21H22Cl2N4O4S. The van der Waals surface area contributed by atoms with Gasteiger partial charge < -0.3 is 9.84 Å². The van der Waals surface area contributed by atoms with E-state index in [0.29, 0.717) is 39.1 Å². The number of halogens is 2. The molecule has 1 amide bonds. The van der Waals surface area contributed by atoms with Crippen molar-refractivity contribution in [3.05, 3.63) is 64.0 Å². The summed E-state index contributed by atoms with van der Waals surface area (Å²) in [6.45, 7) is 1.97. The number of nitrogens with one attached hydrogen (secondary N) is 1. The molecule has 0 saturated carbocycles. The minimum absolute atomic E-state index is 0.0651. The van der Waals surface area contributed by atoms with Crippen LogP contribution >= 0.6 is 23.2 Å². The zero-order chi connectivity index (χ0) is 23.3. The summed E-state index contributed by atoms with van der Waals surface area (Å²) >= 11 is 12.1. The fourth-order valence-electron chi connectivity index (χ4n) is 3.05. The van der Waals surface area contributed by atoms with Crippen molar-refractivity contribution in [1.29, 1.82) is 0 Å². The normalized spacial score (nSPS) is 11.4. The van der Waals surface area contributed by atoms with Gasteiger partial charge in [0.05, 0.1) is 18.5 Å². The van der Waals surface area contributed by atoms with Crippen LogP contribution in [0.1, 0.15) is 24.3 Å². The molecular weight excluding hydrogens is 475 g/mol. The average Bonchev–Trinajstić information content (AvgIpc) is 3.20. The SMILES string of the molecule is Cc1c(Cl)cccc1N(CCCC(=O)NCc1nc(-c2cccc(Cl)c2)no1)S(C)(=O)=O. The van der Waals surface area contributed by atoms with Crippen molar-refractivity contribution in [3.63, 3.8) is 0 Å². The van der Waals surface area contributed by atoms with Crippen LogP contribution in [0.25, 0.3) is 11.4 Å². The first-order chi connectivity index (χ1) is 15.1. The van der Waals surface area contributed by atoms with Crippen LogP contribution in [0.3, 0.4) is 0 Å². The Labute approximate surface area is 196 Å². The molecule has 0 bridgehead atoms. The number of hydrogen-bond donors (Lipinski definition) is 1. The minimum Gasteiger partial charge on any atom is -0.347 e. The van der Waals surface area contributed by atoms with Gasteiger partial charge in [-0.2, -0.15) is 4.98 Å². The van der Waals surface area contributed by atoms with Crippen LogP contribution in [-0.4, -0.2) is 37.3 Å². The minimum atomic E-state index is -3.54. The van der Waals surface area contributed by atoms with Gasteiger partial charge in [0.2, 0.25) is 27.6 Å². The number of carbonyl (C=O) groups is 1. The number of rotatable bonds is 9. The Morgan fingerprint density at radius 2 is 1.94 bits per heavy atom. The standard InChI is InChI=1S/C21H22Cl2N4O4S/c1-14-17(23)8-4-9-18(14)27(32(2,29)30)11-5-10-19(28)24-13-20-25-21(26-31-20)15-6-3-7-16(22)12-15/h3-4,6-9,12H,5,10-11,13H2,1-2H3,(H,24,28). The fourth-order valence-corrected chi connectivity index (χ4v) is 4.42. The van der Waals surface area contributed by atoms with Gasteiger partial charge in [0.1, 0.15) is 0 Å². The topological polar surface area (TPSA) is 105 Å². The van der Waals surface area contributed by atoms with Gasteiger partial charge in [-0.05, 0) is 43.2 Å². The summed E-state index contributed by atoms with van der Waals surface area (Å²) in [4.78, 5) is 16.5. The number of aromatic nitrogens is 2. The monoisotopic (exact) mass is 496 g/mol. The third-order valence-electron chi connectivity index (χ3n) is 4.66. The van der Waals surface area contributed by atoms with E-state index < -0.39 is 10.0 Å². The quantitative estimate of drug-likeness (QED) is 0.475. The largest absolute Gasteiger partial charge is 0.347 e. The summed E-state index contributed by atoms with van der Waals surface area (Å²) < 4.78 is 31.0. The Kier molecular flexibility index (Phi) is 7.76.